The summed E-state index contributed by atoms with van der Waals surface area (Å²) in [5.74, 6) is -0.434. The molecule has 0 spiro atoms. The molecular weight excluding hydrogens is 454 g/mol. The fraction of sp³-hybridized carbons (Fsp3) is 0.192. The van der Waals surface area contributed by atoms with Crippen molar-refractivity contribution in [2.45, 2.75) is 6.92 Å². The van der Waals surface area contributed by atoms with Crippen LogP contribution in [0, 0.1) is 0 Å². The first-order valence-electron chi connectivity index (χ1n) is 10.7. The smallest absolute Gasteiger partial charge is 0.344 e. The molecule has 0 aliphatic rings. The van der Waals surface area contributed by atoms with Crippen molar-refractivity contribution in [3.63, 3.8) is 0 Å². The van der Waals surface area contributed by atoms with Gasteiger partial charge < -0.3 is 28.7 Å². The third-order valence-electron chi connectivity index (χ3n) is 5.25. The average Bonchev–Trinajstić information content (AvgIpc) is 3.22. The number of carbonyl (C=O) groups is 3. The highest BCUT2D eigenvalue weighted by atomic mass is 16.6. The van der Waals surface area contributed by atoms with Crippen LogP contribution in [0.15, 0.2) is 59.0 Å². The standard InChI is InChI=1S/C26H23NO8/c1-15(28)16-8-9-21(24(10-16)32-3)33-14-26(30)34-13-25(29)27-19-12-22-18(11-23(19)31-2)17-6-4-5-7-20(17)35-22/h4-12H,13-14H2,1-3H3,(H,27,29). The molecule has 35 heavy (non-hydrogen) atoms. The number of ketones is 1. The zero-order valence-corrected chi connectivity index (χ0v) is 19.4. The summed E-state index contributed by atoms with van der Waals surface area (Å²) in [6.45, 7) is 0.462. The third-order valence-corrected chi connectivity index (χ3v) is 5.25. The first-order chi connectivity index (χ1) is 16.9. The quantitative estimate of drug-likeness (QED) is 0.279. The van der Waals surface area contributed by atoms with Gasteiger partial charge in [-0.3, -0.25) is 9.59 Å². The zero-order valence-electron chi connectivity index (χ0n) is 19.4. The van der Waals surface area contributed by atoms with Crippen LogP contribution in [0.1, 0.15) is 17.3 Å². The summed E-state index contributed by atoms with van der Waals surface area (Å²) in [7, 11) is 2.92. The second-order valence-corrected chi connectivity index (χ2v) is 7.57. The number of nitrogens with one attached hydrogen (secondary N) is 1. The molecule has 1 amide bonds. The molecule has 0 fully saturated rings. The van der Waals surface area contributed by atoms with Gasteiger partial charge in [-0.1, -0.05) is 18.2 Å². The van der Waals surface area contributed by atoms with Crippen molar-refractivity contribution >= 4 is 45.3 Å². The molecule has 180 valence electrons. The minimum atomic E-state index is -0.752. The number of hydrogen-bond donors (Lipinski definition) is 1. The Morgan fingerprint density at radius 2 is 1.60 bits per heavy atom. The van der Waals surface area contributed by atoms with Crippen LogP contribution < -0.4 is 19.5 Å². The summed E-state index contributed by atoms with van der Waals surface area (Å²) < 4.78 is 26.9. The minimum absolute atomic E-state index is 0.128. The summed E-state index contributed by atoms with van der Waals surface area (Å²) in [6, 6.07) is 15.6. The molecule has 0 unspecified atom stereocenters. The number of methoxy groups -OCH3 is 2. The average molecular weight is 477 g/mol. The van der Waals surface area contributed by atoms with Gasteiger partial charge in [-0.15, -0.1) is 0 Å². The second kappa shape index (κ2) is 10.2. The molecule has 1 aromatic heterocycles. The number of esters is 1. The van der Waals surface area contributed by atoms with Crippen molar-refractivity contribution in [2.75, 3.05) is 32.8 Å². The molecule has 0 atom stereocenters. The molecule has 0 radical (unpaired) electrons. The minimum Gasteiger partial charge on any atom is -0.495 e. The zero-order chi connectivity index (χ0) is 24.9. The number of benzene rings is 3. The topological polar surface area (TPSA) is 113 Å². The normalized spacial score (nSPS) is 10.7. The van der Waals surface area contributed by atoms with E-state index in [-0.39, 0.29) is 11.5 Å². The van der Waals surface area contributed by atoms with E-state index in [1.165, 1.54) is 33.3 Å². The Labute approximate surface area is 200 Å². The number of Topliss-reactive ketones (excluding diaryl/α,β-unsaturated/α-hetero) is 1. The molecule has 0 aliphatic heterocycles. The van der Waals surface area contributed by atoms with Crippen LogP contribution in [0.25, 0.3) is 21.9 Å². The van der Waals surface area contributed by atoms with Crippen molar-refractivity contribution in [2.24, 2.45) is 0 Å². The Kier molecular flexibility index (Phi) is 6.86. The molecule has 4 rings (SSSR count). The van der Waals surface area contributed by atoms with Crippen LogP contribution >= 0.6 is 0 Å². The van der Waals surface area contributed by atoms with Crippen molar-refractivity contribution in [3.05, 3.63) is 60.2 Å². The number of carbonyl (C=O) groups excluding carboxylic acids is 3. The largest absolute Gasteiger partial charge is 0.495 e. The number of furan rings is 1. The van der Waals surface area contributed by atoms with Crippen molar-refractivity contribution in [3.8, 4) is 17.2 Å². The molecule has 9 heteroatoms. The van der Waals surface area contributed by atoms with Crippen molar-refractivity contribution < 1.29 is 37.7 Å². The van der Waals surface area contributed by atoms with E-state index in [1.54, 1.807) is 18.2 Å². The van der Waals surface area contributed by atoms with Gasteiger partial charge in [-0.25, -0.2) is 4.79 Å². The van der Waals surface area contributed by atoms with Crippen LogP contribution in [0.5, 0.6) is 17.2 Å². The van der Waals surface area contributed by atoms with Crippen LogP contribution in [0.4, 0.5) is 5.69 Å². The maximum atomic E-state index is 12.4. The van der Waals surface area contributed by atoms with Gasteiger partial charge in [-0.05, 0) is 37.3 Å². The molecule has 4 aromatic rings. The summed E-state index contributed by atoms with van der Waals surface area (Å²) in [5.41, 5.74) is 2.13. The van der Waals surface area contributed by atoms with Gasteiger partial charge in [0.2, 0.25) is 0 Å². The molecule has 3 aromatic carbocycles. The van der Waals surface area contributed by atoms with Gasteiger partial charge >= 0.3 is 5.97 Å². The first-order valence-corrected chi connectivity index (χ1v) is 10.7. The van der Waals surface area contributed by atoms with E-state index in [4.69, 9.17) is 23.4 Å². The number of ether oxygens (including phenoxy) is 4. The Balaban J connectivity index is 1.36. The molecule has 0 bridgehead atoms. The van der Waals surface area contributed by atoms with Gasteiger partial charge in [0.05, 0.1) is 19.9 Å². The molecule has 0 aliphatic carbocycles. The van der Waals surface area contributed by atoms with Crippen LogP contribution in [0.3, 0.4) is 0 Å². The van der Waals surface area contributed by atoms with E-state index in [0.29, 0.717) is 28.3 Å². The summed E-state index contributed by atoms with van der Waals surface area (Å²) in [5, 5.41) is 4.45. The lowest BCUT2D eigenvalue weighted by molar-refractivity contribution is -0.149. The van der Waals surface area contributed by atoms with Crippen LogP contribution in [-0.4, -0.2) is 45.1 Å². The molecule has 1 heterocycles. The van der Waals surface area contributed by atoms with Crippen molar-refractivity contribution in [1.82, 2.24) is 0 Å². The number of rotatable bonds is 9. The Hall–Kier alpha value is -4.53. The van der Waals surface area contributed by atoms with Gasteiger partial charge in [0, 0.05) is 22.4 Å². The summed E-state index contributed by atoms with van der Waals surface area (Å²) >= 11 is 0. The maximum absolute atomic E-state index is 12.4. The molecular formula is C26H23NO8. The highest BCUT2D eigenvalue weighted by Gasteiger charge is 2.16. The van der Waals surface area contributed by atoms with Gasteiger partial charge in [0.15, 0.2) is 30.5 Å². The van der Waals surface area contributed by atoms with Crippen molar-refractivity contribution in [1.29, 1.82) is 0 Å². The molecule has 9 nitrogen and oxygen atoms in total. The fourth-order valence-electron chi connectivity index (χ4n) is 3.53. The van der Waals surface area contributed by atoms with E-state index in [9.17, 15) is 14.4 Å². The number of anilines is 1. The summed E-state index contributed by atoms with van der Waals surface area (Å²) in [6.07, 6.45) is 0. The Morgan fingerprint density at radius 3 is 2.34 bits per heavy atom. The Bertz CT molecular complexity index is 1420. The highest BCUT2D eigenvalue weighted by Crippen LogP contribution is 2.36. The fourth-order valence-corrected chi connectivity index (χ4v) is 3.53. The number of fused-ring (bicyclic) bond motifs is 3. The van der Waals surface area contributed by atoms with E-state index in [2.05, 4.69) is 5.32 Å². The van der Waals surface area contributed by atoms with Crippen LogP contribution in [-0.2, 0) is 14.3 Å². The van der Waals surface area contributed by atoms with Crippen LogP contribution in [0.2, 0.25) is 0 Å². The lowest BCUT2D eigenvalue weighted by Gasteiger charge is -2.12. The third kappa shape index (κ3) is 5.19. The lowest BCUT2D eigenvalue weighted by atomic mass is 10.1. The number of hydrogen-bond acceptors (Lipinski definition) is 8. The summed E-state index contributed by atoms with van der Waals surface area (Å²) in [4.78, 5) is 36.0. The van der Waals surface area contributed by atoms with E-state index < -0.39 is 25.1 Å². The predicted molar refractivity (Wildman–Crippen MR) is 128 cm³/mol. The highest BCUT2D eigenvalue weighted by molar-refractivity contribution is 6.08. The molecule has 0 saturated carbocycles. The molecule has 1 N–H and O–H groups in total. The van der Waals surface area contributed by atoms with E-state index in [0.717, 1.165) is 16.4 Å². The van der Waals surface area contributed by atoms with Gasteiger partial charge in [0.25, 0.3) is 5.91 Å². The SMILES string of the molecule is COc1cc2c(cc1NC(=O)COC(=O)COc1ccc(C(C)=O)cc1OC)oc1ccccc12. The first kappa shape index (κ1) is 23.6. The number of amides is 1. The predicted octanol–water partition coefficient (Wildman–Crippen LogP) is 4.37. The van der Waals surface area contributed by atoms with E-state index >= 15 is 0 Å². The second-order valence-electron chi connectivity index (χ2n) is 7.57. The lowest BCUT2D eigenvalue weighted by Crippen LogP contribution is -2.24. The maximum Gasteiger partial charge on any atom is 0.344 e. The van der Waals surface area contributed by atoms with Gasteiger partial charge in [-0.2, -0.15) is 0 Å². The number of para-hydroxylation sites is 1. The molecule has 0 saturated heterocycles. The van der Waals surface area contributed by atoms with Gasteiger partial charge in [0.1, 0.15) is 16.9 Å². The monoisotopic (exact) mass is 477 g/mol. The van der Waals surface area contributed by atoms with E-state index in [1.807, 2.05) is 24.3 Å². The Morgan fingerprint density at radius 1 is 0.829 bits per heavy atom.